The lowest BCUT2D eigenvalue weighted by Gasteiger charge is -2.11. The number of nitrogens with one attached hydrogen (secondary N) is 1. The average molecular weight is 290 g/mol. The minimum atomic E-state index is -2.97. The number of nitrogens with zero attached hydrogens (tertiary/aromatic N) is 1. The van der Waals surface area contributed by atoms with E-state index in [9.17, 15) is 23.7 Å². The van der Waals surface area contributed by atoms with Gasteiger partial charge in [0.2, 0.25) is 0 Å². The zero-order chi connectivity index (χ0) is 15.3. The highest BCUT2D eigenvalue weighted by atomic mass is 19.3. The fourth-order valence-electron chi connectivity index (χ4n) is 1.36. The first-order valence-corrected chi connectivity index (χ1v) is 5.43. The van der Waals surface area contributed by atoms with E-state index in [1.165, 1.54) is 7.11 Å². The number of carbonyl (C=O) groups is 1. The molecule has 0 saturated heterocycles. The third kappa shape index (κ3) is 3.85. The summed E-state index contributed by atoms with van der Waals surface area (Å²) in [5.74, 6) is -0.880. The summed E-state index contributed by atoms with van der Waals surface area (Å²) < 4.78 is 28.9. The number of benzene rings is 1. The molecule has 0 aliphatic carbocycles. The number of alkyl halides is 2. The minimum Gasteiger partial charge on any atom is -0.490 e. The smallest absolute Gasteiger partial charge is 0.310 e. The lowest BCUT2D eigenvalue weighted by Crippen LogP contribution is -2.35. The highest BCUT2D eigenvalue weighted by molar-refractivity contribution is 5.95. The number of nitro benzene ring substituents is 1. The summed E-state index contributed by atoms with van der Waals surface area (Å²) in [6, 6.07) is 3.34. The predicted molar refractivity (Wildman–Crippen MR) is 64.0 cm³/mol. The Hall–Kier alpha value is -2.29. The fourth-order valence-corrected chi connectivity index (χ4v) is 1.36. The van der Waals surface area contributed by atoms with Crippen LogP contribution in [0.1, 0.15) is 10.4 Å². The zero-order valence-corrected chi connectivity index (χ0v) is 10.4. The molecular weight excluding hydrogens is 278 g/mol. The number of hydrogen-bond acceptors (Lipinski definition) is 5. The van der Waals surface area contributed by atoms with Crippen LogP contribution in [0, 0.1) is 10.1 Å². The number of hydrogen-bond donors (Lipinski definition) is 2. The summed E-state index contributed by atoms with van der Waals surface area (Å²) in [5, 5.41) is 21.6. The molecule has 1 rings (SSSR count). The van der Waals surface area contributed by atoms with Gasteiger partial charge in [-0.1, -0.05) is 0 Å². The summed E-state index contributed by atoms with van der Waals surface area (Å²) >= 11 is 0. The van der Waals surface area contributed by atoms with Gasteiger partial charge in [-0.25, -0.2) is 8.78 Å². The maximum atomic E-state index is 12.0. The molecule has 7 nitrogen and oxygen atoms in total. The van der Waals surface area contributed by atoms with Gasteiger partial charge in [0.05, 0.1) is 12.0 Å². The lowest BCUT2D eigenvalue weighted by molar-refractivity contribution is -0.385. The number of amides is 1. The molecule has 1 unspecified atom stereocenters. The van der Waals surface area contributed by atoms with Crippen LogP contribution in [-0.4, -0.2) is 42.1 Å². The second-order valence-electron chi connectivity index (χ2n) is 3.76. The standard InChI is InChI=1S/C11H12F2N2O5/c1-20-9-4-6(2-3-7(9)15(18)19)11(17)14-5-8(16)10(12)13/h2-4,8,10,16H,5H2,1H3,(H,14,17). The Bertz CT molecular complexity index is 510. The molecule has 0 aliphatic rings. The fraction of sp³-hybridized carbons (Fsp3) is 0.364. The Morgan fingerprint density at radius 2 is 2.20 bits per heavy atom. The number of aliphatic hydroxyl groups is 1. The third-order valence-electron chi connectivity index (χ3n) is 2.40. The summed E-state index contributed by atoms with van der Waals surface area (Å²) in [5.41, 5.74) is -0.328. The summed E-state index contributed by atoms with van der Waals surface area (Å²) in [4.78, 5) is 21.6. The van der Waals surface area contributed by atoms with E-state index in [0.29, 0.717) is 0 Å². The summed E-state index contributed by atoms with van der Waals surface area (Å²) in [6.07, 6.45) is -4.94. The van der Waals surface area contributed by atoms with Crippen molar-refractivity contribution in [1.82, 2.24) is 5.32 Å². The first-order valence-electron chi connectivity index (χ1n) is 5.43. The van der Waals surface area contributed by atoms with E-state index >= 15 is 0 Å². The number of methoxy groups -OCH3 is 1. The Labute approximate surface area is 112 Å². The molecule has 1 aromatic rings. The normalized spacial score (nSPS) is 12.1. The van der Waals surface area contributed by atoms with Gasteiger partial charge in [-0.3, -0.25) is 14.9 Å². The molecule has 110 valence electrons. The van der Waals surface area contributed by atoms with Crippen LogP contribution in [0.2, 0.25) is 0 Å². The molecule has 1 amide bonds. The van der Waals surface area contributed by atoms with Gasteiger partial charge in [-0.15, -0.1) is 0 Å². The molecule has 0 bridgehead atoms. The molecule has 20 heavy (non-hydrogen) atoms. The number of ether oxygens (including phenoxy) is 1. The van der Waals surface area contributed by atoms with Gasteiger partial charge >= 0.3 is 5.69 Å². The minimum absolute atomic E-state index is 0.00563. The maximum Gasteiger partial charge on any atom is 0.310 e. The summed E-state index contributed by atoms with van der Waals surface area (Å²) in [7, 11) is 1.20. The van der Waals surface area contributed by atoms with Crippen molar-refractivity contribution in [3.05, 3.63) is 33.9 Å². The molecular formula is C11H12F2N2O5. The van der Waals surface area contributed by atoms with Gasteiger partial charge in [0.25, 0.3) is 12.3 Å². The van der Waals surface area contributed by atoms with Crippen molar-refractivity contribution in [2.24, 2.45) is 0 Å². The number of carbonyl (C=O) groups excluding carboxylic acids is 1. The molecule has 0 saturated carbocycles. The zero-order valence-electron chi connectivity index (χ0n) is 10.4. The summed E-state index contributed by atoms with van der Waals surface area (Å²) in [6.45, 7) is -0.629. The molecule has 1 aromatic carbocycles. The first kappa shape index (κ1) is 15.8. The van der Waals surface area contributed by atoms with E-state index < -0.39 is 29.9 Å². The van der Waals surface area contributed by atoms with Crippen LogP contribution >= 0.6 is 0 Å². The molecule has 0 heterocycles. The highest BCUT2D eigenvalue weighted by Crippen LogP contribution is 2.27. The lowest BCUT2D eigenvalue weighted by atomic mass is 10.1. The molecule has 0 aliphatic heterocycles. The highest BCUT2D eigenvalue weighted by Gasteiger charge is 2.20. The van der Waals surface area contributed by atoms with E-state index in [1.54, 1.807) is 0 Å². The van der Waals surface area contributed by atoms with Crippen LogP contribution in [0.3, 0.4) is 0 Å². The quantitative estimate of drug-likeness (QED) is 0.600. The van der Waals surface area contributed by atoms with Crippen LogP contribution in [-0.2, 0) is 0 Å². The van der Waals surface area contributed by atoms with Crippen LogP contribution in [0.5, 0.6) is 5.75 Å². The predicted octanol–water partition coefficient (Wildman–Crippen LogP) is 0.959. The van der Waals surface area contributed by atoms with Gasteiger partial charge in [-0.05, 0) is 6.07 Å². The van der Waals surface area contributed by atoms with Crippen LogP contribution < -0.4 is 10.1 Å². The molecule has 0 fully saturated rings. The van der Waals surface area contributed by atoms with Gasteiger partial charge in [0, 0.05) is 24.2 Å². The molecule has 1 atom stereocenters. The number of halogens is 2. The molecule has 2 N–H and O–H groups in total. The van der Waals surface area contributed by atoms with Crippen molar-refractivity contribution in [2.45, 2.75) is 12.5 Å². The number of aliphatic hydroxyl groups excluding tert-OH is 1. The Morgan fingerprint density at radius 3 is 2.70 bits per heavy atom. The van der Waals surface area contributed by atoms with Gasteiger partial charge in [0.15, 0.2) is 5.75 Å². The maximum absolute atomic E-state index is 12.0. The van der Waals surface area contributed by atoms with Crippen LogP contribution in [0.25, 0.3) is 0 Å². The van der Waals surface area contributed by atoms with E-state index in [4.69, 9.17) is 9.84 Å². The topological polar surface area (TPSA) is 102 Å². The Morgan fingerprint density at radius 1 is 1.55 bits per heavy atom. The molecule has 0 aromatic heterocycles. The average Bonchev–Trinajstić information content (AvgIpc) is 2.43. The monoisotopic (exact) mass is 290 g/mol. The van der Waals surface area contributed by atoms with Gasteiger partial charge < -0.3 is 15.2 Å². The van der Waals surface area contributed by atoms with Crippen LogP contribution in [0.15, 0.2) is 18.2 Å². The second kappa shape index (κ2) is 6.75. The van der Waals surface area contributed by atoms with Crippen molar-refractivity contribution >= 4 is 11.6 Å². The van der Waals surface area contributed by atoms with E-state index in [0.717, 1.165) is 18.2 Å². The van der Waals surface area contributed by atoms with Crippen molar-refractivity contribution in [2.75, 3.05) is 13.7 Å². The van der Waals surface area contributed by atoms with Gasteiger partial charge in [0.1, 0.15) is 6.10 Å². The Kier molecular flexibility index (Phi) is 5.32. The third-order valence-corrected chi connectivity index (χ3v) is 2.40. The van der Waals surface area contributed by atoms with Crippen LogP contribution in [0.4, 0.5) is 14.5 Å². The van der Waals surface area contributed by atoms with Crippen molar-refractivity contribution in [3.8, 4) is 5.75 Å². The SMILES string of the molecule is COc1cc(C(=O)NCC(O)C(F)F)ccc1[N+](=O)[O-]. The second-order valence-corrected chi connectivity index (χ2v) is 3.76. The number of rotatable bonds is 6. The Balaban J connectivity index is 2.81. The van der Waals surface area contributed by atoms with E-state index in [2.05, 4.69) is 5.32 Å². The van der Waals surface area contributed by atoms with Crippen molar-refractivity contribution in [1.29, 1.82) is 0 Å². The molecule has 0 spiro atoms. The van der Waals surface area contributed by atoms with Gasteiger partial charge in [-0.2, -0.15) is 0 Å². The van der Waals surface area contributed by atoms with E-state index in [-0.39, 0.29) is 17.0 Å². The molecule has 0 radical (unpaired) electrons. The number of nitro groups is 1. The van der Waals surface area contributed by atoms with Crippen molar-refractivity contribution in [3.63, 3.8) is 0 Å². The molecule has 9 heteroatoms. The largest absolute Gasteiger partial charge is 0.490 e. The first-order chi connectivity index (χ1) is 9.36. The van der Waals surface area contributed by atoms with Crippen molar-refractivity contribution < 1.29 is 28.3 Å². The van der Waals surface area contributed by atoms with E-state index in [1.807, 2.05) is 0 Å².